The van der Waals surface area contributed by atoms with Gasteiger partial charge in [0.15, 0.2) is 0 Å². The zero-order valence-electron chi connectivity index (χ0n) is 11.3. The number of amides is 2. The molecule has 0 aromatic heterocycles. The molecule has 0 heterocycles. The van der Waals surface area contributed by atoms with Crippen LogP contribution in [-0.4, -0.2) is 41.7 Å². The number of carboxylic acid groups (broad SMARTS) is 1. The highest BCUT2D eigenvalue weighted by molar-refractivity contribution is 5.80. The lowest BCUT2D eigenvalue weighted by Gasteiger charge is -2.20. The molecule has 0 radical (unpaired) electrons. The van der Waals surface area contributed by atoms with Gasteiger partial charge in [-0.25, -0.2) is 4.79 Å². The first-order valence-corrected chi connectivity index (χ1v) is 6.49. The second kappa shape index (κ2) is 6.27. The minimum atomic E-state index is -0.989. The van der Waals surface area contributed by atoms with Crippen LogP contribution in [0.2, 0.25) is 0 Å². The third-order valence-corrected chi connectivity index (χ3v) is 3.16. The van der Waals surface area contributed by atoms with Crippen LogP contribution in [0.15, 0.2) is 24.3 Å². The maximum Gasteiger partial charge on any atom is 0.323 e. The first kappa shape index (κ1) is 14.2. The minimum absolute atomic E-state index is 0.0713. The lowest BCUT2D eigenvalue weighted by molar-refractivity contribution is -0.137. The summed E-state index contributed by atoms with van der Waals surface area (Å²) in [7, 11) is 1.59. The fourth-order valence-corrected chi connectivity index (χ4v) is 1.92. The molecule has 1 aliphatic carbocycles. The van der Waals surface area contributed by atoms with Crippen molar-refractivity contribution >= 4 is 12.0 Å². The molecule has 1 aromatic carbocycles. The average Bonchev–Trinajstić information content (AvgIpc) is 3.27. The number of aliphatic carboxylic acids is 1. The molecule has 6 heteroatoms. The second-order valence-corrected chi connectivity index (χ2v) is 4.76. The van der Waals surface area contributed by atoms with E-state index in [2.05, 4.69) is 5.32 Å². The summed E-state index contributed by atoms with van der Waals surface area (Å²) < 4.78 is 5.06. The SMILES string of the molecule is COc1ccc(CNC(=O)N(CC(=O)O)C2CC2)cc1. The lowest BCUT2D eigenvalue weighted by atomic mass is 10.2. The summed E-state index contributed by atoms with van der Waals surface area (Å²) >= 11 is 0. The number of hydrogen-bond donors (Lipinski definition) is 2. The van der Waals surface area contributed by atoms with E-state index in [1.165, 1.54) is 4.90 Å². The highest BCUT2D eigenvalue weighted by Gasteiger charge is 2.33. The highest BCUT2D eigenvalue weighted by Crippen LogP contribution is 2.26. The number of nitrogens with one attached hydrogen (secondary N) is 1. The Labute approximate surface area is 117 Å². The molecular formula is C14H18N2O4. The van der Waals surface area contributed by atoms with Crippen molar-refractivity contribution in [2.75, 3.05) is 13.7 Å². The fourth-order valence-electron chi connectivity index (χ4n) is 1.92. The van der Waals surface area contributed by atoms with Gasteiger partial charge in [-0.05, 0) is 30.5 Å². The van der Waals surface area contributed by atoms with Crippen molar-refractivity contribution in [2.24, 2.45) is 0 Å². The monoisotopic (exact) mass is 278 g/mol. The summed E-state index contributed by atoms with van der Waals surface area (Å²) in [6, 6.07) is 7.09. The van der Waals surface area contributed by atoms with Crippen LogP contribution in [0.4, 0.5) is 4.79 Å². The van der Waals surface area contributed by atoms with Gasteiger partial charge in [-0.2, -0.15) is 0 Å². The number of urea groups is 1. The molecule has 0 atom stereocenters. The Hall–Kier alpha value is -2.24. The highest BCUT2D eigenvalue weighted by atomic mass is 16.5. The van der Waals surface area contributed by atoms with Gasteiger partial charge in [0.2, 0.25) is 0 Å². The zero-order valence-corrected chi connectivity index (χ0v) is 11.3. The van der Waals surface area contributed by atoms with Crippen LogP contribution in [-0.2, 0) is 11.3 Å². The van der Waals surface area contributed by atoms with Gasteiger partial charge in [0.05, 0.1) is 7.11 Å². The largest absolute Gasteiger partial charge is 0.497 e. The van der Waals surface area contributed by atoms with Crippen molar-refractivity contribution in [3.63, 3.8) is 0 Å². The maximum atomic E-state index is 12.0. The normalized spacial score (nSPS) is 13.7. The van der Waals surface area contributed by atoms with E-state index in [4.69, 9.17) is 9.84 Å². The molecule has 1 aromatic rings. The van der Waals surface area contributed by atoms with Crippen molar-refractivity contribution in [1.82, 2.24) is 10.2 Å². The summed E-state index contributed by atoms with van der Waals surface area (Å²) in [6.45, 7) is 0.116. The van der Waals surface area contributed by atoms with Crippen LogP contribution in [0, 0.1) is 0 Å². The van der Waals surface area contributed by atoms with E-state index in [0.29, 0.717) is 6.54 Å². The minimum Gasteiger partial charge on any atom is -0.497 e. The van der Waals surface area contributed by atoms with E-state index in [1.54, 1.807) is 7.11 Å². The Morgan fingerprint density at radius 3 is 2.50 bits per heavy atom. The number of nitrogens with zero attached hydrogens (tertiary/aromatic N) is 1. The molecule has 0 bridgehead atoms. The third kappa shape index (κ3) is 3.88. The molecule has 1 aliphatic rings. The van der Waals surface area contributed by atoms with Crippen LogP contribution in [0.25, 0.3) is 0 Å². The third-order valence-electron chi connectivity index (χ3n) is 3.16. The molecule has 0 aliphatic heterocycles. The van der Waals surface area contributed by atoms with E-state index in [0.717, 1.165) is 24.2 Å². The van der Waals surface area contributed by atoms with Crippen molar-refractivity contribution in [3.05, 3.63) is 29.8 Å². The van der Waals surface area contributed by atoms with Gasteiger partial charge < -0.3 is 20.1 Å². The molecule has 2 N–H and O–H groups in total. The van der Waals surface area contributed by atoms with Crippen LogP contribution < -0.4 is 10.1 Å². The van der Waals surface area contributed by atoms with Gasteiger partial charge in [-0.15, -0.1) is 0 Å². The number of methoxy groups -OCH3 is 1. The van der Waals surface area contributed by atoms with E-state index in [-0.39, 0.29) is 18.6 Å². The fraction of sp³-hybridized carbons (Fsp3) is 0.429. The van der Waals surface area contributed by atoms with Gasteiger partial charge in [0.1, 0.15) is 12.3 Å². The average molecular weight is 278 g/mol. The number of hydrogen-bond acceptors (Lipinski definition) is 3. The number of benzene rings is 1. The molecule has 108 valence electrons. The van der Waals surface area contributed by atoms with Gasteiger partial charge in [0, 0.05) is 12.6 Å². The molecular weight excluding hydrogens is 260 g/mol. The van der Waals surface area contributed by atoms with E-state index in [1.807, 2.05) is 24.3 Å². The Balaban J connectivity index is 1.87. The van der Waals surface area contributed by atoms with Crippen molar-refractivity contribution in [3.8, 4) is 5.75 Å². The Morgan fingerprint density at radius 2 is 2.00 bits per heavy atom. The number of rotatable bonds is 6. The van der Waals surface area contributed by atoms with Gasteiger partial charge in [0.25, 0.3) is 0 Å². The van der Waals surface area contributed by atoms with Crippen molar-refractivity contribution < 1.29 is 19.4 Å². The number of carbonyl (C=O) groups is 2. The van der Waals surface area contributed by atoms with Gasteiger partial charge >= 0.3 is 12.0 Å². The standard InChI is InChI=1S/C14H18N2O4/c1-20-12-6-2-10(3-7-12)8-15-14(19)16(9-13(17)18)11-4-5-11/h2-3,6-7,11H,4-5,8-9H2,1H3,(H,15,19)(H,17,18). The Morgan fingerprint density at radius 1 is 1.35 bits per heavy atom. The van der Waals surface area contributed by atoms with Gasteiger partial charge in [-0.3, -0.25) is 4.79 Å². The lowest BCUT2D eigenvalue weighted by Crippen LogP contribution is -2.43. The Bertz CT molecular complexity index is 482. The second-order valence-electron chi connectivity index (χ2n) is 4.76. The predicted octanol–water partition coefficient (Wildman–Crippen LogP) is 1.45. The first-order chi connectivity index (χ1) is 9.60. The first-order valence-electron chi connectivity index (χ1n) is 6.49. The van der Waals surface area contributed by atoms with Crippen LogP contribution >= 0.6 is 0 Å². The Kier molecular flexibility index (Phi) is 4.45. The molecule has 0 spiro atoms. The number of carbonyl (C=O) groups excluding carboxylic acids is 1. The van der Waals surface area contributed by atoms with Gasteiger partial charge in [-0.1, -0.05) is 12.1 Å². The van der Waals surface area contributed by atoms with Crippen molar-refractivity contribution in [2.45, 2.75) is 25.4 Å². The molecule has 1 fully saturated rings. The quantitative estimate of drug-likeness (QED) is 0.825. The van der Waals surface area contributed by atoms with E-state index < -0.39 is 5.97 Å². The molecule has 20 heavy (non-hydrogen) atoms. The number of ether oxygens (including phenoxy) is 1. The summed E-state index contributed by atoms with van der Waals surface area (Å²) in [6.07, 6.45) is 1.76. The summed E-state index contributed by atoms with van der Waals surface area (Å²) in [4.78, 5) is 24.1. The topological polar surface area (TPSA) is 78.9 Å². The van der Waals surface area contributed by atoms with E-state index in [9.17, 15) is 9.59 Å². The zero-order chi connectivity index (χ0) is 14.5. The smallest absolute Gasteiger partial charge is 0.323 e. The summed E-state index contributed by atoms with van der Waals surface area (Å²) in [5, 5.41) is 11.6. The predicted molar refractivity (Wildman–Crippen MR) is 72.6 cm³/mol. The van der Waals surface area contributed by atoms with Crippen LogP contribution in [0.1, 0.15) is 18.4 Å². The van der Waals surface area contributed by atoms with Crippen LogP contribution in [0.3, 0.4) is 0 Å². The number of carboxylic acids is 1. The summed E-state index contributed by atoms with van der Waals surface area (Å²) in [5.41, 5.74) is 0.935. The summed E-state index contributed by atoms with van der Waals surface area (Å²) in [5.74, 6) is -0.234. The molecule has 0 saturated heterocycles. The molecule has 6 nitrogen and oxygen atoms in total. The van der Waals surface area contributed by atoms with Crippen molar-refractivity contribution in [1.29, 1.82) is 0 Å². The molecule has 2 rings (SSSR count). The maximum absolute atomic E-state index is 12.0. The molecule has 1 saturated carbocycles. The molecule has 2 amide bonds. The van der Waals surface area contributed by atoms with Crippen LogP contribution in [0.5, 0.6) is 5.75 Å². The van der Waals surface area contributed by atoms with E-state index >= 15 is 0 Å². The molecule has 0 unspecified atom stereocenters.